The van der Waals surface area contributed by atoms with Gasteiger partial charge >= 0.3 is 0 Å². The van der Waals surface area contributed by atoms with Crippen molar-refractivity contribution in [3.8, 4) is 0 Å². The number of hydrogen-bond acceptors (Lipinski definition) is 6. The first-order chi connectivity index (χ1) is 14.3. The molecule has 1 aliphatic rings. The van der Waals surface area contributed by atoms with Crippen LogP contribution in [-0.4, -0.2) is 62.0 Å². The van der Waals surface area contributed by atoms with Crippen molar-refractivity contribution >= 4 is 22.0 Å². The molecule has 1 saturated heterocycles. The van der Waals surface area contributed by atoms with Gasteiger partial charge in [-0.25, -0.2) is 13.1 Å². The number of rotatable bonds is 7. The highest BCUT2D eigenvalue weighted by Gasteiger charge is 2.21. The minimum absolute atomic E-state index is 0.0451. The topological polar surface area (TPSA) is 95.8 Å². The van der Waals surface area contributed by atoms with Gasteiger partial charge in [-0.1, -0.05) is 24.2 Å². The summed E-state index contributed by atoms with van der Waals surface area (Å²) in [6.07, 6.45) is 3.25. The molecule has 0 bridgehead atoms. The molecule has 2 aromatic rings. The second-order valence-electron chi connectivity index (χ2n) is 7.31. The average molecular weight is 433 g/mol. The summed E-state index contributed by atoms with van der Waals surface area (Å²) < 4.78 is 31.6. The van der Waals surface area contributed by atoms with Crippen LogP contribution in [-0.2, 0) is 21.4 Å². The van der Waals surface area contributed by atoms with E-state index in [-0.39, 0.29) is 10.8 Å². The van der Waals surface area contributed by atoms with Crippen molar-refractivity contribution in [2.75, 3.05) is 32.7 Å². The minimum atomic E-state index is -3.47. The van der Waals surface area contributed by atoms with E-state index >= 15 is 0 Å². The van der Waals surface area contributed by atoms with E-state index in [1.807, 2.05) is 18.7 Å². The van der Waals surface area contributed by atoms with E-state index in [0.29, 0.717) is 19.6 Å². The third kappa shape index (κ3) is 5.35. The lowest BCUT2D eigenvalue weighted by atomic mass is 10.1. The number of piperazine rings is 1. The fourth-order valence-corrected chi connectivity index (χ4v) is 4.42. The predicted octanol–water partition coefficient (Wildman–Crippen LogP) is 1.95. The maximum Gasteiger partial charge on any atom is 0.246 e. The van der Waals surface area contributed by atoms with Crippen LogP contribution in [0.4, 0.5) is 0 Å². The molecule has 0 unspecified atom stereocenters. The van der Waals surface area contributed by atoms with E-state index in [9.17, 15) is 13.2 Å². The van der Waals surface area contributed by atoms with Gasteiger partial charge in [-0.2, -0.15) is 0 Å². The summed E-state index contributed by atoms with van der Waals surface area (Å²) in [5.41, 5.74) is 2.81. The van der Waals surface area contributed by atoms with Crippen molar-refractivity contribution in [1.29, 1.82) is 0 Å². The summed E-state index contributed by atoms with van der Waals surface area (Å²) in [4.78, 5) is 16.8. The number of sulfonamides is 1. The molecule has 0 spiro atoms. The molecule has 0 radical (unpaired) electrons. The van der Waals surface area contributed by atoms with Crippen molar-refractivity contribution in [2.24, 2.45) is 0 Å². The van der Waals surface area contributed by atoms with Crippen molar-refractivity contribution in [3.63, 3.8) is 0 Å². The molecule has 1 aromatic heterocycles. The first kappa shape index (κ1) is 22.2. The number of benzene rings is 1. The maximum absolute atomic E-state index is 12.5. The molecule has 8 nitrogen and oxygen atoms in total. The van der Waals surface area contributed by atoms with E-state index in [4.69, 9.17) is 4.52 Å². The Hall–Kier alpha value is -2.49. The number of aryl methyl sites for hydroxylation is 2. The van der Waals surface area contributed by atoms with Crippen molar-refractivity contribution in [3.05, 3.63) is 52.9 Å². The summed E-state index contributed by atoms with van der Waals surface area (Å²) in [6, 6.07) is 6.45. The molecule has 1 aromatic carbocycles. The van der Waals surface area contributed by atoms with Crippen LogP contribution in [0.25, 0.3) is 6.08 Å². The van der Waals surface area contributed by atoms with Crippen LogP contribution in [0.5, 0.6) is 0 Å². The maximum atomic E-state index is 12.5. The number of hydrogen-bond donors (Lipinski definition) is 1. The first-order valence-corrected chi connectivity index (χ1v) is 11.5. The Morgan fingerprint density at radius 2 is 1.83 bits per heavy atom. The zero-order valence-electron chi connectivity index (χ0n) is 17.6. The molecular weight excluding hydrogens is 404 g/mol. The van der Waals surface area contributed by atoms with Crippen LogP contribution < -0.4 is 4.72 Å². The van der Waals surface area contributed by atoms with Gasteiger partial charge in [0.2, 0.25) is 15.9 Å². The average Bonchev–Trinajstić information content (AvgIpc) is 3.05. The third-order valence-electron chi connectivity index (χ3n) is 5.19. The Labute approximate surface area is 177 Å². The SMILES string of the molecule is CCNS(=O)(=O)c1ccc(/C=C/C(=O)N2CCN(Cc3c(C)noc3C)CC2)cc1. The largest absolute Gasteiger partial charge is 0.361 e. The summed E-state index contributed by atoms with van der Waals surface area (Å²) in [7, 11) is -3.47. The smallest absolute Gasteiger partial charge is 0.246 e. The molecule has 2 heterocycles. The lowest BCUT2D eigenvalue weighted by Crippen LogP contribution is -2.47. The Bertz CT molecular complexity index is 985. The normalized spacial score (nSPS) is 15.8. The molecule has 1 amide bonds. The van der Waals surface area contributed by atoms with E-state index in [1.165, 1.54) is 18.2 Å². The molecule has 0 saturated carbocycles. The van der Waals surface area contributed by atoms with Gasteiger partial charge in [0.25, 0.3) is 0 Å². The van der Waals surface area contributed by atoms with Crippen LogP contribution in [0, 0.1) is 13.8 Å². The van der Waals surface area contributed by atoms with Crippen LogP contribution in [0.1, 0.15) is 29.5 Å². The molecule has 1 fully saturated rings. The van der Waals surface area contributed by atoms with Gasteiger partial charge in [-0.3, -0.25) is 9.69 Å². The quantitative estimate of drug-likeness (QED) is 0.672. The van der Waals surface area contributed by atoms with Crippen molar-refractivity contribution < 1.29 is 17.7 Å². The molecule has 162 valence electrons. The zero-order valence-corrected chi connectivity index (χ0v) is 18.4. The molecule has 1 N–H and O–H groups in total. The van der Waals surface area contributed by atoms with Gasteiger partial charge in [-0.05, 0) is 37.6 Å². The molecule has 0 atom stereocenters. The third-order valence-corrected chi connectivity index (χ3v) is 6.75. The van der Waals surface area contributed by atoms with Crippen LogP contribution >= 0.6 is 0 Å². The number of carbonyl (C=O) groups is 1. The lowest BCUT2D eigenvalue weighted by molar-refractivity contribution is -0.127. The Morgan fingerprint density at radius 1 is 1.17 bits per heavy atom. The fraction of sp³-hybridized carbons (Fsp3) is 0.429. The number of carbonyl (C=O) groups excluding carboxylic acids is 1. The van der Waals surface area contributed by atoms with Gasteiger partial charge in [0.1, 0.15) is 5.76 Å². The first-order valence-electron chi connectivity index (χ1n) is 10.0. The number of amides is 1. The Balaban J connectivity index is 1.52. The zero-order chi connectivity index (χ0) is 21.7. The molecule has 3 rings (SSSR count). The molecule has 9 heteroatoms. The molecule has 1 aliphatic heterocycles. The van der Waals surface area contributed by atoms with E-state index < -0.39 is 10.0 Å². The minimum Gasteiger partial charge on any atom is -0.361 e. The highest BCUT2D eigenvalue weighted by atomic mass is 32.2. The van der Waals surface area contributed by atoms with Gasteiger partial charge < -0.3 is 9.42 Å². The number of nitrogens with one attached hydrogen (secondary N) is 1. The monoisotopic (exact) mass is 432 g/mol. The highest BCUT2D eigenvalue weighted by Crippen LogP contribution is 2.16. The van der Waals surface area contributed by atoms with Gasteiger partial charge in [0.05, 0.1) is 10.6 Å². The second-order valence-corrected chi connectivity index (χ2v) is 9.07. The van der Waals surface area contributed by atoms with E-state index in [0.717, 1.165) is 42.2 Å². The van der Waals surface area contributed by atoms with Crippen LogP contribution in [0.15, 0.2) is 39.8 Å². The second kappa shape index (κ2) is 9.55. The van der Waals surface area contributed by atoms with Gasteiger partial charge in [0.15, 0.2) is 0 Å². The van der Waals surface area contributed by atoms with Crippen LogP contribution in [0.2, 0.25) is 0 Å². The Kier molecular flexibility index (Phi) is 7.06. The standard InChI is InChI=1S/C21H28N4O4S/c1-4-22-30(27,28)19-8-5-18(6-9-19)7-10-21(26)25-13-11-24(12-14-25)15-20-16(2)23-29-17(20)3/h5-10,22H,4,11-15H2,1-3H3/b10-7+. The molecule has 0 aliphatic carbocycles. The Morgan fingerprint density at radius 3 is 2.40 bits per heavy atom. The van der Waals surface area contributed by atoms with Crippen molar-refractivity contribution in [2.45, 2.75) is 32.2 Å². The van der Waals surface area contributed by atoms with Crippen LogP contribution in [0.3, 0.4) is 0 Å². The number of nitrogens with zero attached hydrogens (tertiary/aromatic N) is 3. The van der Waals surface area contributed by atoms with Gasteiger partial charge in [0, 0.05) is 50.9 Å². The summed E-state index contributed by atoms with van der Waals surface area (Å²) >= 11 is 0. The predicted molar refractivity (Wildman–Crippen MR) is 114 cm³/mol. The van der Waals surface area contributed by atoms with E-state index in [1.54, 1.807) is 25.1 Å². The number of aromatic nitrogens is 1. The van der Waals surface area contributed by atoms with E-state index in [2.05, 4.69) is 14.8 Å². The fourth-order valence-electron chi connectivity index (χ4n) is 3.38. The molecule has 30 heavy (non-hydrogen) atoms. The highest BCUT2D eigenvalue weighted by molar-refractivity contribution is 7.89. The summed E-state index contributed by atoms with van der Waals surface area (Å²) in [5.74, 6) is 0.801. The lowest BCUT2D eigenvalue weighted by Gasteiger charge is -2.34. The van der Waals surface area contributed by atoms with Gasteiger partial charge in [-0.15, -0.1) is 0 Å². The summed E-state index contributed by atoms with van der Waals surface area (Å²) in [6.45, 7) is 9.61. The molecular formula is C21H28N4O4S. The summed E-state index contributed by atoms with van der Waals surface area (Å²) in [5, 5.41) is 3.99. The van der Waals surface area contributed by atoms with Crippen molar-refractivity contribution in [1.82, 2.24) is 19.7 Å².